The zero-order valence-corrected chi connectivity index (χ0v) is 10.9. The molecule has 2 aromatic rings. The molecule has 0 aliphatic carbocycles. The first kappa shape index (κ1) is 13.0. The second-order valence-electron chi connectivity index (χ2n) is 4.28. The SMILES string of the molecule is CC(=O)Cc1cc(Oc2ccc(N)nc2C)ccn1. The largest absolute Gasteiger partial charge is 0.455 e. The van der Waals surface area contributed by atoms with Crippen molar-refractivity contribution >= 4 is 11.6 Å². The second kappa shape index (κ2) is 5.48. The molecule has 0 bridgehead atoms. The van der Waals surface area contributed by atoms with E-state index in [0.717, 1.165) is 0 Å². The molecule has 5 heteroatoms. The first-order chi connectivity index (χ1) is 9.04. The van der Waals surface area contributed by atoms with E-state index < -0.39 is 0 Å². The number of pyridine rings is 2. The zero-order chi connectivity index (χ0) is 13.8. The predicted octanol–water partition coefficient (Wildman–Crippen LogP) is 2.29. The molecule has 98 valence electrons. The highest BCUT2D eigenvalue weighted by Gasteiger charge is 2.05. The van der Waals surface area contributed by atoms with Crippen LogP contribution in [0.5, 0.6) is 11.5 Å². The number of rotatable bonds is 4. The third-order valence-electron chi connectivity index (χ3n) is 2.50. The molecule has 2 N–H and O–H groups in total. The number of carbonyl (C=O) groups is 1. The van der Waals surface area contributed by atoms with Crippen LogP contribution in [-0.2, 0) is 11.2 Å². The fourth-order valence-corrected chi connectivity index (χ4v) is 1.67. The van der Waals surface area contributed by atoms with Crippen LogP contribution in [0.4, 0.5) is 5.82 Å². The van der Waals surface area contributed by atoms with Crippen LogP contribution in [-0.4, -0.2) is 15.8 Å². The van der Waals surface area contributed by atoms with Crippen LogP contribution in [0.2, 0.25) is 0 Å². The first-order valence-corrected chi connectivity index (χ1v) is 5.90. The molecule has 0 fully saturated rings. The minimum atomic E-state index is 0.0648. The molecule has 0 aliphatic heterocycles. The van der Waals surface area contributed by atoms with Gasteiger partial charge in [-0.15, -0.1) is 0 Å². The van der Waals surface area contributed by atoms with Crippen LogP contribution >= 0.6 is 0 Å². The van der Waals surface area contributed by atoms with Gasteiger partial charge in [0.15, 0.2) is 0 Å². The van der Waals surface area contributed by atoms with Crippen molar-refractivity contribution in [3.8, 4) is 11.5 Å². The van der Waals surface area contributed by atoms with E-state index in [1.807, 2.05) is 6.92 Å². The van der Waals surface area contributed by atoms with E-state index >= 15 is 0 Å². The summed E-state index contributed by atoms with van der Waals surface area (Å²) in [5.74, 6) is 1.78. The number of ketones is 1. The van der Waals surface area contributed by atoms with Crippen molar-refractivity contribution < 1.29 is 9.53 Å². The lowest BCUT2D eigenvalue weighted by Gasteiger charge is -2.09. The Hall–Kier alpha value is -2.43. The van der Waals surface area contributed by atoms with E-state index in [4.69, 9.17) is 10.5 Å². The first-order valence-electron chi connectivity index (χ1n) is 5.90. The van der Waals surface area contributed by atoms with E-state index in [9.17, 15) is 4.79 Å². The Kier molecular flexibility index (Phi) is 3.75. The number of nitrogens with two attached hydrogens (primary N) is 1. The lowest BCUT2D eigenvalue weighted by Crippen LogP contribution is -2.00. The molecule has 19 heavy (non-hydrogen) atoms. The number of nitrogens with zero attached hydrogens (tertiary/aromatic N) is 2. The van der Waals surface area contributed by atoms with Crippen molar-refractivity contribution in [1.82, 2.24) is 9.97 Å². The molecule has 0 atom stereocenters. The fourth-order valence-electron chi connectivity index (χ4n) is 1.67. The molecule has 0 saturated carbocycles. The van der Waals surface area contributed by atoms with Crippen LogP contribution in [0.3, 0.4) is 0 Å². The number of carbonyl (C=O) groups excluding carboxylic acids is 1. The third-order valence-corrected chi connectivity index (χ3v) is 2.50. The Morgan fingerprint density at radius 3 is 2.84 bits per heavy atom. The Bertz CT molecular complexity index is 611. The molecule has 0 spiro atoms. The van der Waals surface area contributed by atoms with Gasteiger partial charge in [-0.2, -0.15) is 0 Å². The number of aromatic nitrogens is 2. The van der Waals surface area contributed by atoms with Gasteiger partial charge in [-0.1, -0.05) is 0 Å². The Morgan fingerprint density at radius 2 is 2.16 bits per heavy atom. The van der Waals surface area contributed by atoms with E-state index in [1.54, 1.807) is 30.5 Å². The lowest BCUT2D eigenvalue weighted by molar-refractivity contribution is -0.116. The van der Waals surface area contributed by atoms with Crippen molar-refractivity contribution in [1.29, 1.82) is 0 Å². The minimum absolute atomic E-state index is 0.0648. The highest BCUT2D eigenvalue weighted by atomic mass is 16.5. The quantitative estimate of drug-likeness (QED) is 0.909. The average Bonchev–Trinajstić information content (AvgIpc) is 2.32. The van der Waals surface area contributed by atoms with Gasteiger partial charge in [-0.3, -0.25) is 9.78 Å². The average molecular weight is 257 g/mol. The minimum Gasteiger partial charge on any atom is -0.455 e. The van der Waals surface area contributed by atoms with Gasteiger partial charge >= 0.3 is 0 Å². The van der Waals surface area contributed by atoms with Gasteiger partial charge in [-0.25, -0.2) is 4.98 Å². The summed E-state index contributed by atoms with van der Waals surface area (Å²) in [6.45, 7) is 3.35. The maximum absolute atomic E-state index is 11.1. The van der Waals surface area contributed by atoms with Crippen LogP contribution in [0.1, 0.15) is 18.3 Å². The van der Waals surface area contributed by atoms with Crippen molar-refractivity contribution in [3.05, 3.63) is 41.9 Å². The maximum atomic E-state index is 11.1. The van der Waals surface area contributed by atoms with Crippen molar-refractivity contribution in [2.45, 2.75) is 20.3 Å². The molecule has 0 aliphatic rings. The normalized spacial score (nSPS) is 10.2. The van der Waals surface area contributed by atoms with Gasteiger partial charge in [0.2, 0.25) is 0 Å². The van der Waals surface area contributed by atoms with Gasteiger partial charge in [0.25, 0.3) is 0 Å². The molecule has 2 heterocycles. The molecule has 2 aromatic heterocycles. The molecule has 0 unspecified atom stereocenters. The number of hydrogen-bond donors (Lipinski definition) is 1. The van der Waals surface area contributed by atoms with Gasteiger partial charge in [0.1, 0.15) is 23.1 Å². The summed E-state index contributed by atoms with van der Waals surface area (Å²) in [4.78, 5) is 19.3. The van der Waals surface area contributed by atoms with Gasteiger partial charge in [0.05, 0.1) is 11.4 Å². The van der Waals surface area contributed by atoms with Crippen molar-refractivity contribution in [2.75, 3.05) is 5.73 Å². The Labute approximate surface area is 111 Å². The number of ether oxygens (including phenoxy) is 1. The number of hydrogen-bond acceptors (Lipinski definition) is 5. The van der Waals surface area contributed by atoms with E-state index in [1.165, 1.54) is 6.92 Å². The molecule has 2 rings (SSSR count). The summed E-state index contributed by atoms with van der Waals surface area (Å²) in [6.07, 6.45) is 1.92. The topological polar surface area (TPSA) is 78.1 Å². The van der Waals surface area contributed by atoms with E-state index in [0.29, 0.717) is 35.1 Å². The lowest BCUT2D eigenvalue weighted by atomic mass is 10.2. The molecule has 0 amide bonds. The zero-order valence-electron chi connectivity index (χ0n) is 10.9. The van der Waals surface area contributed by atoms with Crippen LogP contribution in [0.25, 0.3) is 0 Å². The molecular weight excluding hydrogens is 242 g/mol. The molecular formula is C14H15N3O2. The highest BCUT2D eigenvalue weighted by Crippen LogP contribution is 2.24. The smallest absolute Gasteiger partial charge is 0.148 e. The molecule has 0 saturated heterocycles. The predicted molar refractivity (Wildman–Crippen MR) is 72.1 cm³/mol. The van der Waals surface area contributed by atoms with Gasteiger partial charge in [-0.05, 0) is 32.0 Å². The van der Waals surface area contributed by atoms with Crippen LogP contribution < -0.4 is 10.5 Å². The maximum Gasteiger partial charge on any atom is 0.148 e. The highest BCUT2D eigenvalue weighted by molar-refractivity contribution is 5.77. The number of Topliss-reactive ketones (excluding diaryl/α,β-unsaturated/α-hetero) is 1. The van der Waals surface area contributed by atoms with Crippen LogP contribution in [0, 0.1) is 6.92 Å². The molecule has 0 radical (unpaired) electrons. The molecule has 5 nitrogen and oxygen atoms in total. The summed E-state index contributed by atoms with van der Waals surface area (Å²) >= 11 is 0. The second-order valence-corrected chi connectivity index (χ2v) is 4.28. The monoisotopic (exact) mass is 257 g/mol. The van der Waals surface area contributed by atoms with E-state index in [-0.39, 0.29) is 5.78 Å². The Balaban J connectivity index is 2.21. The number of nitrogen functional groups attached to an aromatic ring is 1. The number of anilines is 1. The van der Waals surface area contributed by atoms with Crippen LogP contribution in [0.15, 0.2) is 30.5 Å². The standard InChI is InChI=1S/C14H15N3O2/c1-9(18)7-11-8-12(5-6-16-11)19-13-3-4-14(15)17-10(13)2/h3-6,8H,7H2,1-2H3,(H2,15,17). The molecule has 0 aromatic carbocycles. The summed E-state index contributed by atoms with van der Waals surface area (Å²) in [5, 5.41) is 0. The fraction of sp³-hybridized carbons (Fsp3) is 0.214. The summed E-state index contributed by atoms with van der Waals surface area (Å²) in [7, 11) is 0. The number of aryl methyl sites for hydroxylation is 1. The Morgan fingerprint density at radius 1 is 1.37 bits per heavy atom. The summed E-state index contributed by atoms with van der Waals surface area (Å²) < 4.78 is 5.72. The summed E-state index contributed by atoms with van der Waals surface area (Å²) in [5.41, 5.74) is 6.98. The summed E-state index contributed by atoms with van der Waals surface area (Å²) in [6, 6.07) is 6.93. The third kappa shape index (κ3) is 3.51. The van der Waals surface area contributed by atoms with E-state index in [2.05, 4.69) is 9.97 Å². The van der Waals surface area contributed by atoms with Gasteiger partial charge in [0, 0.05) is 18.7 Å². The van der Waals surface area contributed by atoms with Gasteiger partial charge < -0.3 is 10.5 Å². The van der Waals surface area contributed by atoms with Crippen molar-refractivity contribution in [2.24, 2.45) is 0 Å². The van der Waals surface area contributed by atoms with Crippen molar-refractivity contribution in [3.63, 3.8) is 0 Å².